The van der Waals surface area contributed by atoms with Crippen LogP contribution in [0.15, 0.2) is 52.1 Å². The fourth-order valence-electron chi connectivity index (χ4n) is 3.10. The van der Waals surface area contributed by atoms with Crippen molar-refractivity contribution in [3.8, 4) is 5.75 Å². The third-order valence-electron chi connectivity index (χ3n) is 4.68. The van der Waals surface area contributed by atoms with Crippen LogP contribution in [0.4, 0.5) is 5.69 Å². The van der Waals surface area contributed by atoms with Crippen LogP contribution in [-0.4, -0.2) is 39.4 Å². The maximum absolute atomic E-state index is 12.6. The predicted molar refractivity (Wildman–Crippen MR) is 133 cm³/mol. The lowest BCUT2D eigenvalue weighted by atomic mass is 10.2. The SMILES string of the molecule is CCn1c(SCC(=O)Nc2cc(Cl)ccc2OC)nnc1C(C)NC(=O)c1ccccc1Br. The average Bonchev–Trinajstić information content (AvgIpc) is 3.21. The molecule has 2 amide bonds. The van der Waals surface area contributed by atoms with Crippen molar-refractivity contribution in [3.05, 3.63) is 63.3 Å². The van der Waals surface area contributed by atoms with Crippen LogP contribution >= 0.6 is 39.3 Å². The summed E-state index contributed by atoms with van der Waals surface area (Å²) in [5.74, 6) is 0.794. The number of anilines is 1. The van der Waals surface area contributed by atoms with Gasteiger partial charge in [0.25, 0.3) is 5.91 Å². The van der Waals surface area contributed by atoms with Crippen LogP contribution in [-0.2, 0) is 11.3 Å². The average molecular weight is 553 g/mol. The number of hydrogen-bond donors (Lipinski definition) is 2. The van der Waals surface area contributed by atoms with Gasteiger partial charge in [0.05, 0.1) is 30.2 Å². The molecule has 1 unspecified atom stereocenters. The fraction of sp³-hybridized carbons (Fsp3) is 0.273. The second-order valence-electron chi connectivity index (χ2n) is 6.94. The molecule has 0 radical (unpaired) electrons. The third-order valence-corrected chi connectivity index (χ3v) is 6.58. The van der Waals surface area contributed by atoms with Gasteiger partial charge in [-0.1, -0.05) is 35.5 Å². The topological polar surface area (TPSA) is 98.1 Å². The van der Waals surface area contributed by atoms with Crippen LogP contribution in [0, 0.1) is 0 Å². The molecule has 0 aliphatic rings. The van der Waals surface area contributed by atoms with Gasteiger partial charge in [-0.25, -0.2) is 0 Å². The summed E-state index contributed by atoms with van der Waals surface area (Å²) in [6.07, 6.45) is 0. The molecule has 0 aliphatic heterocycles. The Kier molecular flexibility index (Phi) is 8.76. The molecule has 0 saturated carbocycles. The van der Waals surface area contributed by atoms with Crippen molar-refractivity contribution in [2.75, 3.05) is 18.2 Å². The number of benzene rings is 2. The summed E-state index contributed by atoms with van der Waals surface area (Å²) in [4.78, 5) is 25.1. The first kappa shape index (κ1) is 25.1. The first-order valence-corrected chi connectivity index (χ1v) is 12.2. The fourth-order valence-corrected chi connectivity index (χ4v) is 4.55. The summed E-state index contributed by atoms with van der Waals surface area (Å²) in [7, 11) is 1.52. The van der Waals surface area contributed by atoms with Gasteiger partial charge in [-0.15, -0.1) is 10.2 Å². The van der Waals surface area contributed by atoms with E-state index in [1.807, 2.05) is 30.5 Å². The zero-order valence-electron chi connectivity index (χ0n) is 18.3. The lowest BCUT2D eigenvalue weighted by molar-refractivity contribution is -0.113. The van der Waals surface area contributed by atoms with Gasteiger partial charge in [0, 0.05) is 16.0 Å². The van der Waals surface area contributed by atoms with Gasteiger partial charge >= 0.3 is 0 Å². The highest BCUT2D eigenvalue weighted by Gasteiger charge is 2.21. The Balaban J connectivity index is 1.65. The quantitative estimate of drug-likeness (QED) is 0.365. The summed E-state index contributed by atoms with van der Waals surface area (Å²) < 4.78 is 7.85. The number of nitrogens with zero attached hydrogens (tertiary/aromatic N) is 3. The summed E-state index contributed by atoms with van der Waals surface area (Å²) >= 11 is 10.7. The molecule has 1 heterocycles. The Hall–Kier alpha value is -2.56. The zero-order chi connectivity index (χ0) is 24.0. The minimum atomic E-state index is -0.379. The molecule has 2 aromatic carbocycles. The van der Waals surface area contributed by atoms with Crippen molar-refractivity contribution in [1.29, 1.82) is 0 Å². The van der Waals surface area contributed by atoms with E-state index in [4.69, 9.17) is 16.3 Å². The van der Waals surface area contributed by atoms with Gasteiger partial charge in [-0.05, 0) is 60.1 Å². The van der Waals surface area contributed by atoms with Gasteiger partial charge in [0.15, 0.2) is 11.0 Å². The maximum Gasteiger partial charge on any atom is 0.253 e. The van der Waals surface area contributed by atoms with E-state index in [9.17, 15) is 9.59 Å². The Morgan fingerprint density at radius 1 is 1.24 bits per heavy atom. The molecule has 0 aliphatic carbocycles. The Labute approximate surface area is 209 Å². The molecule has 0 fully saturated rings. The van der Waals surface area contributed by atoms with Crippen LogP contribution in [0.1, 0.15) is 36.1 Å². The highest BCUT2D eigenvalue weighted by Crippen LogP contribution is 2.28. The minimum Gasteiger partial charge on any atom is -0.495 e. The summed E-state index contributed by atoms with van der Waals surface area (Å²) in [6, 6.07) is 11.8. The third kappa shape index (κ3) is 6.27. The van der Waals surface area contributed by atoms with Crippen LogP contribution in [0.3, 0.4) is 0 Å². The summed E-state index contributed by atoms with van der Waals surface area (Å²) in [6.45, 7) is 4.39. The molecule has 0 spiro atoms. The second kappa shape index (κ2) is 11.5. The van der Waals surface area contributed by atoms with Crippen LogP contribution in [0.2, 0.25) is 5.02 Å². The number of nitrogens with one attached hydrogen (secondary N) is 2. The Bertz CT molecular complexity index is 1160. The molecule has 0 bridgehead atoms. The Morgan fingerprint density at radius 2 is 2.00 bits per heavy atom. The van der Waals surface area contributed by atoms with Gasteiger partial charge in [-0.2, -0.15) is 0 Å². The van der Waals surface area contributed by atoms with Crippen molar-refractivity contribution in [1.82, 2.24) is 20.1 Å². The molecule has 1 aromatic heterocycles. The van der Waals surface area contributed by atoms with Crippen molar-refractivity contribution in [2.24, 2.45) is 0 Å². The molecular formula is C22H23BrClN5O3S. The van der Waals surface area contributed by atoms with E-state index in [-0.39, 0.29) is 23.6 Å². The molecule has 1 atom stereocenters. The van der Waals surface area contributed by atoms with Crippen molar-refractivity contribution in [3.63, 3.8) is 0 Å². The molecule has 33 heavy (non-hydrogen) atoms. The number of methoxy groups -OCH3 is 1. The molecule has 11 heteroatoms. The van der Waals surface area contributed by atoms with Crippen molar-refractivity contribution >= 4 is 56.8 Å². The number of carbonyl (C=O) groups is 2. The van der Waals surface area contributed by atoms with Gasteiger partial charge < -0.3 is 19.9 Å². The molecule has 3 aromatic rings. The Morgan fingerprint density at radius 3 is 2.70 bits per heavy atom. The molecule has 8 nitrogen and oxygen atoms in total. The number of halogens is 2. The highest BCUT2D eigenvalue weighted by molar-refractivity contribution is 9.10. The first-order chi connectivity index (χ1) is 15.8. The monoisotopic (exact) mass is 551 g/mol. The van der Waals surface area contributed by atoms with E-state index in [0.29, 0.717) is 44.0 Å². The maximum atomic E-state index is 12.6. The van der Waals surface area contributed by atoms with Gasteiger partial charge in [-0.3, -0.25) is 9.59 Å². The van der Waals surface area contributed by atoms with E-state index >= 15 is 0 Å². The minimum absolute atomic E-state index is 0.117. The zero-order valence-corrected chi connectivity index (χ0v) is 21.4. The lowest BCUT2D eigenvalue weighted by Crippen LogP contribution is -2.29. The van der Waals surface area contributed by atoms with Crippen molar-refractivity contribution < 1.29 is 14.3 Å². The number of ether oxygens (including phenoxy) is 1. The standard InChI is InChI=1S/C22H23BrClN5O3S/c1-4-29-20(13(2)25-21(31)15-7-5-6-8-16(15)23)27-28-22(29)33-12-19(30)26-17-11-14(24)9-10-18(17)32-3/h5-11,13H,4,12H2,1-3H3,(H,25,31)(H,26,30). The van der Waals surface area contributed by atoms with Gasteiger partial charge in [0.1, 0.15) is 5.75 Å². The molecule has 3 rings (SSSR count). The normalized spacial score (nSPS) is 11.7. The predicted octanol–water partition coefficient (Wildman–Crippen LogP) is 4.94. The van der Waals surface area contributed by atoms with Gasteiger partial charge in [0.2, 0.25) is 5.91 Å². The highest BCUT2D eigenvalue weighted by atomic mass is 79.9. The number of carbonyl (C=O) groups excluding carboxylic acids is 2. The molecule has 174 valence electrons. The number of amides is 2. The van der Waals surface area contributed by atoms with Crippen LogP contribution in [0.5, 0.6) is 5.75 Å². The van der Waals surface area contributed by atoms with E-state index in [1.165, 1.54) is 18.9 Å². The van der Waals surface area contributed by atoms with Crippen LogP contribution < -0.4 is 15.4 Å². The molecule has 2 N–H and O–H groups in total. The number of thioether (sulfide) groups is 1. The number of rotatable bonds is 9. The largest absolute Gasteiger partial charge is 0.495 e. The van der Waals surface area contributed by atoms with Crippen LogP contribution in [0.25, 0.3) is 0 Å². The number of aromatic nitrogens is 3. The smallest absolute Gasteiger partial charge is 0.253 e. The molecular weight excluding hydrogens is 530 g/mol. The second-order valence-corrected chi connectivity index (χ2v) is 9.17. The van der Waals surface area contributed by atoms with Crippen molar-refractivity contribution in [2.45, 2.75) is 31.6 Å². The summed E-state index contributed by atoms with van der Waals surface area (Å²) in [5.41, 5.74) is 1.03. The molecule has 0 saturated heterocycles. The number of hydrogen-bond acceptors (Lipinski definition) is 6. The van der Waals surface area contributed by atoms with E-state index in [0.717, 1.165) is 0 Å². The first-order valence-electron chi connectivity index (χ1n) is 10.1. The van der Waals surface area contributed by atoms with E-state index in [2.05, 4.69) is 36.8 Å². The van der Waals surface area contributed by atoms with E-state index < -0.39 is 0 Å². The summed E-state index contributed by atoms with van der Waals surface area (Å²) in [5, 5.41) is 15.3. The lowest BCUT2D eigenvalue weighted by Gasteiger charge is -2.15. The van der Waals surface area contributed by atoms with E-state index in [1.54, 1.807) is 30.3 Å².